The molecule has 4 heteroatoms. The number of nitrogens with zero attached hydrogens (tertiary/aromatic N) is 1. The topological polar surface area (TPSA) is 31.2 Å². The van der Waals surface area contributed by atoms with Crippen LogP contribution in [0.25, 0.3) is 10.9 Å². The minimum Gasteiger partial charge on any atom is -0.485 e. The van der Waals surface area contributed by atoms with E-state index in [1.54, 1.807) is 0 Å². The molecule has 3 atom stereocenters. The Kier molecular flexibility index (Phi) is 5.26. The smallest absolute Gasteiger partial charge is 0.255 e. The fourth-order valence-electron chi connectivity index (χ4n) is 3.99. The standard InChI is InChI=1S/C23H30INO2/c1-12(2)16(7)25-20-14(5)9-18-15(6)23(8,11-24)27-21(18)19(20)10-17(13(3)4)22(25)26/h9-10,13,15-16H,1,11H2,2-8H3. The van der Waals surface area contributed by atoms with E-state index >= 15 is 0 Å². The first-order valence-corrected chi connectivity index (χ1v) is 11.2. The van der Waals surface area contributed by atoms with Gasteiger partial charge in [0, 0.05) is 26.9 Å². The van der Waals surface area contributed by atoms with E-state index in [4.69, 9.17) is 4.74 Å². The Hall–Kier alpha value is -1.30. The summed E-state index contributed by atoms with van der Waals surface area (Å²) in [6, 6.07) is 4.22. The number of benzene rings is 1. The molecule has 0 radical (unpaired) electrons. The highest BCUT2D eigenvalue weighted by Crippen LogP contribution is 2.49. The maximum atomic E-state index is 13.4. The number of ether oxygens (including phenoxy) is 1. The van der Waals surface area contributed by atoms with Crippen molar-refractivity contribution in [3.63, 3.8) is 0 Å². The second-order valence-corrected chi connectivity index (χ2v) is 9.36. The van der Waals surface area contributed by atoms with Gasteiger partial charge < -0.3 is 9.30 Å². The quantitative estimate of drug-likeness (QED) is 0.295. The van der Waals surface area contributed by atoms with E-state index in [1.807, 2.05) is 11.5 Å². The van der Waals surface area contributed by atoms with Crippen molar-refractivity contribution in [1.82, 2.24) is 4.57 Å². The summed E-state index contributed by atoms with van der Waals surface area (Å²) in [5.74, 6) is 1.41. The van der Waals surface area contributed by atoms with Gasteiger partial charge in [0.1, 0.15) is 11.4 Å². The molecule has 0 spiro atoms. The highest BCUT2D eigenvalue weighted by Gasteiger charge is 2.42. The van der Waals surface area contributed by atoms with Gasteiger partial charge in [0.05, 0.1) is 11.6 Å². The monoisotopic (exact) mass is 479 g/mol. The molecule has 0 fully saturated rings. The summed E-state index contributed by atoms with van der Waals surface area (Å²) in [6.07, 6.45) is 0. The lowest BCUT2D eigenvalue weighted by Gasteiger charge is -2.26. The van der Waals surface area contributed by atoms with E-state index in [0.717, 1.165) is 37.8 Å². The molecule has 1 aliphatic heterocycles. The summed E-state index contributed by atoms with van der Waals surface area (Å²) in [6.45, 7) is 18.8. The van der Waals surface area contributed by atoms with Gasteiger partial charge in [0.2, 0.25) is 0 Å². The third kappa shape index (κ3) is 3.04. The normalized spacial score (nSPS) is 22.8. The van der Waals surface area contributed by atoms with E-state index in [0.29, 0.717) is 5.92 Å². The van der Waals surface area contributed by atoms with Gasteiger partial charge in [-0.3, -0.25) is 4.79 Å². The zero-order valence-corrected chi connectivity index (χ0v) is 19.6. The van der Waals surface area contributed by atoms with E-state index in [-0.39, 0.29) is 23.1 Å². The molecule has 1 aliphatic rings. The van der Waals surface area contributed by atoms with Crippen molar-refractivity contribution in [2.75, 3.05) is 4.43 Å². The number of aryl methyl sites for hydroxylation is 1. The van der Waals surface area contributed by atoms with Crippen LogP contribution in [0.3, 0.4) is 0 Å². The Balaban J connectivity index is 2.48. The molecule has 146 valence electrons. The molecule has 3 rings (SSSR count). The van der Waals surface area contributed by atoms with Crippen LogP contribution in [0.1, 0.15) is 76.1 Å². The van der Waals surface area contributed by atoms with Gasteiger partial charge in [0.15, 0.2) is 0 Å². The number of halogens is 1. The lowest BCUT2D eigenvalue weighted by atomic mass is 9.87. The molecule has 3 nitrogen and oxygen atoms in total. The molecule has 2 heterocycles. The summed E-state index contributed by atoms with van der Waals surface area (Å²) in [4.78, 5) is 13.4. The molecule has 0 bridgehead atoms. The molecule has 27 heavy (non-hydrogen) atoms. The zero-order valence-electron chi connectivity index (χ0n) is 17.4. The maximum absolute atomic E-state index is 13.4. The van der Waals surface area contributed by atoms with E-state index in [9.17, 15) is 4.79 Å². The maximum Gasteiger partial charge on any atom is 0.255 e. The summed E-state index contributed by atoms with van der Waals surface area (Å²) < 4.78 is 9.39. The Bertz CT molecular complexity index is 988. The molecular weight excluding hydrogens is 449 g/mol. The Morgan fingerprint density at radius 3 is 2.52 bits per heavy atom. The molecule has 2 aromatic rings. The van der Waals surface area contributed by atoms with Crippen molar-refractivity contribution in [3.8, 4) is 5.75 Å². The third-order valence-corrected chi connectivity index (χ3v) is 7.73. The Morgan fingerprint density at radius 1 is 1.37 bits per heavy atom. The lowest BCUT2D eigenvalue weighted by Crippen LogP contribution is -2.34. The van der Waals surface area contributed by atoms with Crippen molar-refractivity contribution in [1.29, 1.82) is 0 Å². The number of pyridine rings is 1. The van der Waals surface area contributed by atoms with Gasteiger partial charge in [0.25, 0.3) is 5.56 Å². The number of allylic oxidation sites excluding steroid dienone is 1. The van der Waals surface area contributed by atoms with Crippen LogP contribution in [0.2, 0.25) is 0 Å². The molecule has 1 aromatic heterocycles. The number of fused-ring (bicyclic) bond motifs is 3. The van der Waals surface area contributed by atoms with Crippen LogP contribution in [-0.4, -0.2) is 14.6 Å². The van der Waals surface area contributed by atoms with Gasteiger partial charge in [-0.25, -0.2) is 0 Å². The number of rotatable bonds is 4. The zero-order chi connectivity index (χ0) is 20.3. The molecule has 1 aromatic carbocycles. The van der Waals surface area contributed by atoms with Gasteiger partial charge in [-0.1, -0.05) is 55.5 Å². The van der Waals surface area contributed by atoms with Crippen molar-refractivity contribution in [3.05, 3.63) is 51.3 Å². The van der Waals surface area contributed by atoms with Crippen molar-refractivity contribution < 1.29 is 4.74 Å². The van der Waals surface area contributed by atoms with Crippen LogP contribution in [0.5, 0.6) is 5.75 Å². The average molecular weight is 479 g/mol. The lowest BCUT2D eigenvalue weighted by molar-refractivity contribution is 0.126. The summed E-state index contributed by atoms with van der Waals surface area (Å²) >= 11 is 2.41. The van der Waals surface area contributed by atoms with Crippen molar-refractivity contribution >= 4 is 33.5 Å². The number of alkyl halides is 1. The molecule has 0 saturated carbocycles. The molecule has 0 N–H and O–H groups in total. The second kappa shape index (κ2) is 6.94. The van der Waals surface area contributed by atoms with Crippen LogP contribution < -0.4 is 10.3 Å². The average Bonchev–Trinajstić information content (AvgIpc) is 2.86. The summed E-state index contributed by atoms with van der Waals surface area (Å²) in [5, 5.41) is 1.06. The second-order valence-electron chi connectivity index (χ2n) is 8.60. The number of hydrogen-bond donors (Lipinski definition) is 0. The van der Waals surface area contributed by atoms with Crippen LogP contribution >= 0.6 is 22.6 Å². The molecule has 3 unspecified atom stereocenters. The predicted molar refractivity (Wildman–Crippen MR) is 123 cm³/mol. The Labute approximate surface area is 175 Å². The van der Waals surface area contributed by atoms with E-state index in [1.165, 1.54) is 5.56 Å². The molecular formula is C23H30INO2. The molecule has 0 aliphatic carbocycles. The summed E-state index contributed by atoms with van der Waals surface area (Å²) in [5.41, 5.74) is 5.03. The first-order chi connectivity index (χ1) is 12.5. The largest absolute Gasteiger partial charge is 0.485 e. The van der Waals surface area contributed by atoms with E-state index in [2.05, 4.69) is 82.8 Å². The molecule has 0 saturated heterocycles. The highest BCUT2D eigenvalue weighted by molar-refractivity contribution is 14.1. The van der Waals surface area contributed by atoms with Gasteiger partial charge in [-0.2, -0.15) is 0 Å². The fourth-order valence-corrected chi connectivity index (χ4v) is 4.80. The van der Waals surface area contributed by atoms with Crippen LogP contribution in [-0.2, 0) is 0 Å². The van der Waals surface area contributed by atoms with Crippen molar-refractivity contribution in [2.45, 2.75) is 71.9 Å². The van der Waals surface area contributed by atoms with Crippen LogP contribution in [0.15, 0.2) is 29.1 Å². The Morgan fingerprint density at radius 2 is 2.00 bits per heavy atom. The molecule has 0 amide bonds. The first-order valence-electron chi connectivity index (χ1n) is 9.66. The van der Waals surface area contributed by atoms with Crippen molar-refractivity contribution in [2.24, 2.45) is 0 Å². The van der Waals surface area contributed by atoms with Crippen LogP contribution in [0, 0.1) is 6.92 Å². The summed E-state index contributed by atoms with van der Waals surface area (Å²) in [7, 11) is 0. The van der Waals surface area contributed by atoms with Gasteiger partial charge in [-0.15, -0.1) is 0 Å². The SMILES string of the molecule is C=C(C)C(C)n1c(=O)c(C(C)C)cc2c3c(cc(C)c21)C(C)C(C)(CI)O3. The van der Waals surface area contributed by atoms with Gasteiger partial charge >= 0.3 is 0 Å². The number of aromatic nitrogens is 1. The predicted octanol–water partition coefficient (Wildman–Crippen LogP) is 6.26. The van der Waals surface area contributed by atoms with Gasteiger partial charge in [-0.05, 0) is 51.3 Å². The minimum atomic E-state index is -0.220. The fraction of sp³-hybridized carbons (Fsp3) is 0.522. The highest BCUT2D eigenvalue weighted by atomic mass is 127. The first kappa shape index (κ1) is 20.4. The number of hydrogen-bond acceptors (Lipinski definition) is 2. The van der Waals surface area contributed by atoms with Crippen LogP contribution in [0.4, 0.5) is 0 Å². The third-order valence-electron chi connectivity index (χ3n) is 6.22. The van der Waals surface area contributed by atoms with E-state index < -0.39 is 0 Å². The minimum absolute atomic E-state index is 0.0646.